The monoisotopic (exact) mass is 340 g/mol. The molecular formula is C21H25FN2O. The fraction of sp³-hybridized carbons (Fsp3) is 0.429. The summed E-state index contributed by atoms with van der Waals surface area (Å²) in [4.78, 5) is 0. The smallest absolute Gasteiger partial charge is 0.123 e. The van der Waals surface area contributed by atoms with E-state index in [2.05, 4.69) is 28.8 Å². The molecule has 0 unspecified atom stereocenters. The predicted octanol–water partition coefficient (Wildman–Crippen LogP) is 2.69. The lowest BCUT2D eigenvalue weighted by Gasteiger charge is -2.39. The van der Waals surface area contributed by atoms with Gasteiger partial charge in [-0.05, 0) is 67.7 Å². The van der Waals surface area contributed by atoms with Gasteiger partial charge in [-0.1, -0.05) is 36.4 Å². The van der Waals surface area contributed by atoms with Crippen molar-refractivity contribution in [3.05, 3.63) is 71.0 Å². The average Bonchev–Trinajstić information content (AvgIpc) is 2.86. The summed E-state index contributed by atoms with van der Waals surface area (Å²) in [5, 5.41) is 18.1. The molecule has 0 radical (unpaired) electrons. The molecule has 4 heteroatoms. The number of hydrogen-bond donors (Lipinski definition) is 3. The van der Waals surface area contributed by atoms with Crippen molar-refractivity contribution in [3.63, 3.8) is 0 Å². The molecule has 0 aromatic heterocycles. The molecule has 2 aromatic carbocycles. The highest BCUT2D eigenvalue weighted by atomic mass is 19.1. The van der Waals surface area contributed by atoms with Crippen molar-refractivity contribution in [2.24, 2.45) is 0 Å². The number of rotatable bonds is 4. The minimum atomic E-state index is -0.417. The Hall–Kier alpha value is -1.75. The van der Waals surface area contributed by atoms with Gasteiger partial charge in [0.1, 0.15) is 5.82 Å². The fourth-order valence-electron chi connectivity index (χ4n) is 4.59. The Morgan fingerprint density at radius 1 is 1.12 bits per heavy atom. The van der Waals surface area contributed by atoms with E-state index >= 15 is 0 Å². The van der Waals surface area contributed by atoms with Crippen molar-refractivity contribution in [1.82, 2.24) is 10.6 Å². The molecule has 25 heavy (non-hydrogen) atoms. The van der Waals surface area contributed by atoms with Crippen LogP contribution in [-0.4, -0.2) is 30.8 Å². The fourth-order valence-corrected chi connectivity index (χ4v) is 4.59. The summed E-state index contributed by atoms with van der Waals surface area (Å²) in [7, 11) is 0. The Balaban J connectivity index is 1.52. The SMILES string of the molecule is O[C@@H]1[C@@H](NCCc2cccc(F)c2)c2ccccc2C12CCNCC2. The second-order valence-corrected chi connectivity index (χ2v) is 7.25. The van der Waals surface area contributed by atoms with Crippen LogP contribution in [0.5, 0.6) is 0 Å². The zero-order chi connectivity index (χ0) is 17.3. The summed E-state index contributed by atoms with van der Waals surface area (Å²) in [6.07, 6.45) is 2.26. The minimum Gasteiger partial charge on any atom is -0.390 e. The molecular weight excluding hydrogens is 315 g/mol. The summed E-state index contributed by atoms with van der Waals surface area (Å²) in [5.41, 5.74) is 3.35. The number of aliphatic hydroxyl groups excluding tert-OH is 1. The van der Waals surface area contributed by atoms with Crippen molar-refractivity contribution in [2.45, 2.75) is 36.8 Å². The third-order valence-electron chi connectivity index (χ3n) is 5.88. The van der Waals surface area contributed by atoms with Crippen LogP contribution in [0, 0.1) is 5.82 Å². The molecule has 2 atom stereocenters. The van der Waals surface area contributed by atoms with Crippen LogP contribution in [0.2, 0.25) is 0 Å². The maximum Gasteiger partial charge on any atom is 0.123 e. The van der Waals surface area contributed by atoms with E-state index in [9.17, 15) is 9.50 Å². The first-order chi connectivity index (χ1) is 12.2. The van der Waals surface area contributed by atoms with E-state index in [0.29, 0.717) is 6.54 Å². The highest BCUT2D eigenvalue weighted by Gasteiger charge is 2.51. The van der Waals surface area contributed by atoms with Gasteiger partial charge in [0.15, 0.2) is 0 Å². The van der Waals surface area contributed by atoms with Gasteiger partial charge in [-0.25, -0.2) is 4.39 Å². The van der Waals surface area contributed by atoms with Crippen LogP contribution < -0.4 is 10.6 Å². The Morgan fingerprint density at radius 3 is 2.72 bits per heavy atom. The second-order valence-electron chi connectivity index (χ2n) is 7.25. The zero-order valence-electron chi connectivity index (χ0n) is 14.3. The molecule has 3 nitrogen and oxygen atoms in total. The van der Waals surface area contributed by atoms with Crippen LogP contribution in [0.25, 0.3) is 0 Å². The van der Waals surface area contributed by atoms with Gasteiger partial charge in [-0.3, -0.25) is 0 Å². The van der Waals surface area contributed by atoms with E-state index in [0.717, 1.165) is 37.9 Å². The van der Waals surface area contributed by atoms with Crippen molar-refractivity contribution in [2.75, 3.05) is 19.6 Å². The van der Waals surface area contributed by atoms with Gasteiger partial charge in [0, 0.05) is 5.41 Å². The van der Waals surface area contributed by atoms with Gasteiger partial charge in [-0.2, -0.15) is 0 Å². The average molecular weight is 340 g/mol. The molecule has 1 aliphatic heterocycles. The van der Waals surface area contributed by atoms with Gasteiger partial charge in [0.05, 0.1) is 12.1 Å². The molecule has 1 fully saturated rings. The second kappa shape index (κ2) is 6.87. The molecule has 1 heterocycles. The van der Waals surface area contributed by atoms with Crippen molar-refractivity contribution in [3.8, 4) is 0 Å². The van der Waals surface area contributed by atoms with Crippen LogP contribution in [0.1, 0.15) is 35.6 Å². The van der Waals surface area contributed by atoms with Crippen molar-refractivity contribution in [1.29, 1.82) is 0 Å². The van der Waals surface area contributed by atoms with Crippen LogP contribution in [0.15, 0.2) is 48.5 Å². The molecule has 0 saturated carbocycles. The van der Waals surface area contributed by atoms with Gasteiger partial charge in [-0.15, -0.1) is 0 Å². The largest absolute Gasteiger partial charge is 0.390 e. The molecule has 1 aliphatic carbocycles. The lowest BCUT2D eigenvalue weighted by atomic mass is 9.72. The first kappa shape index (κ1) is 16.7. The van der Waals surface area contributed by atoms with Crippen LogP contribution in [0.4, 0.5) is 4.39 Å². The number of nitrogens with one attached hydrogen (secondary N) is 2. The van der Waals surface area contributed by atoms with E-state index in [1.165, 1.54) is 17.2 Å². The van der Waals surface area contributed by atoms with E-state index in [1.807, 2.05) is 12.1 Å². The Bertz CT molecular complexity index is 742. The summed E-state index contributed by atoms with van der Waals surface area (Å²) in [6, 6.07) is 15.1. The molecule has 3 N–H and O–H groups in total. The van der Waals surface area contributed by atoms with Gasteiger partial charge >= 0.3 is 0 Å². The van der Waals surface area contributed by atoms with Gasteiger partial charge < -0.3 is 15.7 Å². The lowest BCUT2D eigenvalue weighted by Crippen LogP contribution is -2.48. The number of halogens is 1. The molecule has 132 valence electrons. The number of benzene rings is 2. The number of aliphatic hydroxyl groups is 1. The minimum absolute atomic E-state index is 0.0529. The lowest BCUT2D eigenvalue weighted by molar-refractivity contribution is 0.0445. The third kappa shape index (κ3) is 2.99. The van der Waals surface area contributed by atoms with Crippen molar-refractivity contribution < 1.29 is 9.50 Å². The summed E-state index contributed by atoms with van der Waals surface area (Å²) in [6.45, 7) is 2.61. The first-order valence-corrected chi connectivity index (χ1v) is 9.17. The van der Waals surface area contributed by atoms with Gasteiger partial charge in [0.2, 0.25) is 0 Å². The van der Waals surface area contributed by atoms with E-state index in [1.54, 1.807) is 12.1 Å². The normalized spacial score (nSPS) is 24.4. The third-order valence-corrected chi connectivity index (χ3v) is 5.88. The highest BCUT2D eigenvalue weighted by Crippen LogP contribution is 2.49. The van der Waals surface area contributed by atoms with E-state index in [4.69, 9.17) is 0 Å². The van der Waals surface area contributed by atoms with Crippen molar-refractivity contribution >= 4 is 0 Å². The van der Waals surface area contributed by atoms with E-state index in [-0.39, 0.29) is 17.3 Å². The summed E-state index contributed by atoms with van der Waals surface area (Å²) >= 11 is 0. The maximum absolute atomic E-state index is 13.3. The van der Waals surface area contributed by atoms with Crippen LogP contribution in [-0.2, 0) is 11.8 Å². The molecule has 2 aromatic rings. The summed E-state index contributed by atoms with van der Waals surface area (Å²) in [5.74, 6) is -0.197. The van der Waals surface area contributed by atoms with Gasteiger partial charge in [0.25, 0.3) is 0 Å². The molecule has 4 rings (SSSR count). The maximum atomic E-state index is 13.3. The molecule has 0 bridgehead atoms. The molecule has 2 aliphatic rings. The van der Waals surface area contributed by atoms with Crippen LogP contribution in [0.3, 0.4) is 0 Å². The Labute approximate surface area is 148 Å². The van der Waals surface area contributed by atoms with Crippen LogP contribution >= 0.6 is 0 Å². The Morgan fingerprint density at radius 2 is 1.92 bits per heavy atom. The first-order valence-electron chi connectivity index (χ1n) is 9.17. The number of hydrogen-bond acceptors (Lipinski definition) is 3. The highest BCUT2D eigenvalue weighted by molar-refractivity contribution is 5.45. The number of fused-ring (bicyclic) bond motifs is 2. The molecule has 1 spiro atoms. The number of piperidine rings is 1. The molecule has 1 saturated heterocycles. The quantitative estimate of drug-likeness (QED) is 0.802. The zero-order valence-corrected chi connectivity index (χ0v) is 14.3. The predicted molar refractivity (Wildman–Crippen MR) is 97.1 cm³/mol. The van der Waals surface area contributed by atoms with E-state index < -0.39 is 6.10 Å². The standard InChI is InChI=1S/C21H25FN2O/c22-16-5-3-4-15(14-16)8-11-24-19-17-6-1-2-7-18(17)21(20(19)25)9-12-23-13-10-21/h1-7,14,19-20,23-25H,8-13H2/t19-,20+/m0/s1. The summed E-state index contributed by atoms with van der Waals surface area (Å²) < 4.78 is 13.3. The molecule has 0 amide bonds. The Kier molecular flexibility index (Phi) is 4.59. The topological polar surface area (TPSA) is 44.3 Å².